The minimum absolute atomic E-state index is 0.207. The van der Waals surface area contributed by atoms with Crippen LogP contribution in [0.15, 0.2) is 30.5 Å². The maximum Gasteiger partial charge on any atom is 0.326 e. The average molecular weight is 476 g/mol. The fourth-order valence-corrected chi connectivity index (χ4v) is 3.48. The number of nitrogens with one attached hydrogen (secondary N) is 4. The summed E-state index contributed by atoms with van der Waals surface area (Å²) in [5.41, 5.74) is 7.78. The summed E-state index contributed by atoms with van der Waals surface area (Å²) in [5.74, 6) is -3.62. The Morgan fingerprint density at radius 3 is 2.35 bits per heavy atom. The summed E-state index contributed by atoms with van der Waals surface area (Å²) in [6.45, 7) is 4.29. The number of aliphatic hydroxyl groups is 1. The Morgan fingerprint density at radius 1 is 1.06 bits per heavy atom. The van der Waals surface area contributed by atoms with Crippen molar-refractivity contribution in [1.29, 1.82) is 0 Å². The highest BCUT2D eigenvalue weighted by atomic mass is 16.4. The van der Waals surface area contributed by atoms with E-state index in [1.807, 2.05) is 24.3 Å². The molecule has 0 saturated carbocycles. The fraction of sp³-hybridized carbons (Fsp3) is 0.478. The van der Waals surface area contributed by atoms with Gasteiger partial charge in [0, 0.05) is 17.1 Å². The predicted molar refractivity (Wildman–Crippen MR) is 126 cm³/mol. The van der Waals surface area contributed by atoms with E-state index in [9.17, 15) is 29.4 Å². The number of H-pyrrole nitrogens is 1. The third kappa shape index (κ3) is 7.03. The number of benzene rings is 1. The molecule has 11 nitrogen and oxygen atoms in total. The Labute approximate surface area is 197 Å². The maximum atomic E-state index is 12.6. The van der Waals surface area contributed by atoms with Gasteiger partial charge in [-0.05, 0) is 30.9 Å². The second-order valence-corrected chi connectivity index (χ2v) is 8.38. The highest BCUT2D eigenvalue weighted by Crippen LogP contribution is 2.18. The lowest BCUT2D eigenvalue weighted by Gasteiger charge is -2.23. The molecule has 0 aliphatic carbocycles. The molecule has 5 unspecified atom stereocenters. The highest BCUT2D eigenvalue weighted by Gasteiger charge is 2.29. The van der Waals surface area contributed by atoms with Crippen LogP contribution in [0.3, 0.4) is 0 Å². The largest absolute Gasteiger partial charge is 0.480 e. The third-order valence-electron chi connectivity index (χ3n) is 5.73. The van der Waals surface area contributed by atoms with Crippen LogP contribution in [0.1, 0.15) is 32.8 Å². The second kappa shape index (κ2) is 12.1. The summed E-state index contributed by atoms with van der Waals surface area (Å²) in [5, 5.41) is 27.3. The van der Waals surface area contributed by atoms with Crippen LogP contribution in [0.25, 0.3) is 10.9 Å². The van der Waals surface area contributed by atoms with E-state index in [0.29, 0.717) is 6.42 Å². The lowest BCUT2D eigenvalue weighted by molar-refractivity contribution is -0.143. The Hall–Kier alpha value is -3.44. The minimum atomic E-state index is -1.35. The SMILES string of the molecule is CCC(C)C(NC(=O)CNC(=O)C(NC(=O)C(N)Cc1c[nH]c2ccccc12)C(C)O)C(=O)O. The minimum Gasteiger partial charge on any atom is -0.480 e. The number of hydrogen-bond donors (Lipinski definition) is 7. The molecule has 5 atom stereocenters. The number of aromatic amines is 1. The number of carboxylic acid groups (broad SMARTS) is 1. The predicted octanol–water partition coefficient (Wildman–Crippen LogP) is -0.365. The zero-order valence-corrected chi connectivity index (χ0v) is 19.5. The lowest BCUT2D eigenvalue weighted by atomic mass is 9.99. The summed E-state index contributed by atoms with van der Waals surface area (Å²) in [6.07, 6.45) is 1.25. The van der Waals surface area contributed by atoms with Gasteiger partial charge in [0.25, 0.3) is 0 Å². The second-order valence-electron chi connectivity index (χ2n) is 8.38. The molecule has 8 N–H and O–H groups in total. The van der Waals surface area contributed by atoms with E-state index >= 15 is 0 Å². The molecule has 0 aliphatic heterocycles. The monoisotopic (exact) mass is 475 g/mol. The number of carbonyl (C=O) groups excluding carboxylic acids is 3. The number of carboxylic acids is 1. The van der Waals surface area contributed by atoms with Gasteiger partial charge in [-0.3, -0.25) is 14.4 Å². The molecule has 2 aromatic rings. The first-order valence-electron chi connectivity index (χ1n) is 11.1. The van der Waals surface area contributed by atoms with Gasteiger partial charge in [0.05, 0.1) is 18.7 Å². The third-order valence-corrected chi connectivity index (χ3v) is 5.73. The molecule has 0 aliphatic rings. The number of fused-ring (bicyclic) bond motifs is 1. The molecule has 3 amide bonds. The van der Waals surface area contributed by atoms with Crippen LogP contribution in [0, 0.1) is 5.92 Å². The smallest absolute Gasteiger partial charge is 0.326 e. The number of nitrogens with two attached hydrogens (primary N) is 1. The van der Waals surface area contributed by atoms with Crippen LogP contribution in [0.5, 0.6) is 0 Å². The van der Waals surface area contributed by atoms with Crippen LogP contribution in [0.2, 0.25) is 0 Å². The van der Waals surface area contributed by atoms with Gasteiger partial charge in [-0.25, -0.2) is 4.79 Å². The standard InChI is InChI=1S/C23H33N5O6/c1-4-12(2)19(23(33)34)27-18(30)11-26-22(32)20(13(3)29)28-21(31)16(24)9-14-10-25-17-8-6-5-7-15(14)17/h5-8,10,12-13,16,19-20,25,29H,4,9,11,24H2,1-3H3,(H,26,32)(H,27,30)(H,28,31)(H,33,34). The first-order chi connectivity index (χ1) is 16.0. The van der Waals surface area contributed by atoms with Gasteiger partial charge in [-0.2, -0.15) is 0 Å². The molecular formula is C23H33N5O6. The van der Waals surface area contributed by atoms with E-state index in [-0.39, 0.29) is 12.3 Å². The van der Waals surface area contributed by atoms with Gasteiger partial charge in [0.1, 0.15) is 12.1 Å². The number of aliphatic hydroxyl groups excluding tert-OH is 1. The van der Waals surface area contributed by atoms with Crippen molar-refractivity contribution >= 4 is 34.6 Å². The average Bonchev–Trinajstić information content (AvgIpc) is 3.21. The highest BCUT2D eigenvalue weighted by molar-refractivity contribution is 5.93. The van der Waals surface area contributed by atoms with E-state index < -0.39 is 54.5 Å². The Bertz CT molecular complexity index is 1020. The van der Waals surface area contributed by atoms with Crippen LogP contribution in [-0.2, 0) is 25.6 Å². The Kier molecular flexibility index (Phi) is 9.58. The Morgan fingerprint density at radius 2 is 1.74 bits per heavy atom. The van der Waals surface area contributed by atoms with E-state index in [2.05, 4.69) is 20.9 Å². The summed E-state index contributed by atoms with van der Waals surface area (Å²) in [4.78, 5) is 51.7. The van der Waals surface area contributed by atoms with Gasteiger partial charge < -0.3 is 36.9 Å². The molecule has 0 radical (unpaired) electrons. The number of aromatic nitrogens is 1. The number of rotatable bonds is 12. The topological polar surface area (TPSA) is 187 Å². The number of hydrogen-bond acceptors (Lipinski definition) is 6. The number of para-hydroxylation sites is 1. The summed E-state index contributed by atoms with van der Waals surface area (Å²) < 4.78 is 0. The van der Waals surface area contributed by atoms with Gasteiger partial charge in [-0.1, -0.05) is 38.5 Å². The van der Waals surface area contributed by atoms with Gasteiger partial charge in [0.2, 0.25) is 17.7 Å². The van der Waals surface area contributed by atoms with Crippen molar-refractivity contribution in [2.75, 3.05) is 6.54 Å². The number of amides is 3. The first kappa shape index (κ1) is 26.8. The van der Waals surface area contributed by atoms with E-state index in [4.69, 9.17) is 5.73 Å². The van der Waals surface area contributed by atoms with Crippen LogP contribution >= 0.6 is 0 Å². The Balaban J connectivity index is 1.94. The number of aliphatic carboxylic acids is 1. The van der Waals surface area contributed by atoms with Crippen molar-refractivity contribution in [3.8, 4) is 0 Å². The fourth-order valence-electron chi connectivity index (χ4n) is 3.48. The summed E-state index contributed by atoms with van der Waals surface area (Å²) in [6, 6.07) is 4.13. The van der Waals surface area contributed by atoms with Crippen LogP contribution < -0.4 is 21.7 Å². The molecule has 1 aromatic carbocycles. The van der Waals surface area contributed by atoms with Crippen molar-refractivity contribution < 1.29 is 29.4 Å². The van der Waals surface area contributed by atoms with Crippen molar-refractivity contribution in [3.05, 3.63) is 36.0 Å². The van der Waals surface area contributed by atoms with Gasteiger partial charge in [-0.15, -0.1) is 0 Å². The van der Waals surface area contributed by atoms with E-state index in [1.165, 1.54) is 6.92 Å². The molecule has 1 heterocycles. The van der Waals surface area contributed by atoms with Crippen molar-refractivity contribution in [1.82, 2.24) is 20.9 Å². The van der Waals surface area contributed by atoms with Crippen LogP contribution in [0.4, 0.5) is 0 Å². The molecule has 34 heavy (non-hydrogen) atoms. The number of carbonyl (C=O) groups is 4. The first-order valence-corrected chi connectivity index (χ1v) is 11.1. The maximum absolute atomic E-state index is 12.6. The van der Waals surface area contributed by atoms with E-state index in [1.54, 1.807) is 20.0 Å². The summed E-state index contributed by atoms with van der Waals surface area (Å²) in [7, 11) is 0. The van der Waals surface area contributed by atoms with Crippen molar-refractivity contribution in [2.45, 2.75) is 57.8 Å². The van der Waals surface area contributed by atoms with Gasteiger partial charge in [0.15, 0.2) is 0 Å². The molecule has 11 heteroatoms. The normalized spacial score (nSPS) is 15.6. The van der Waals surface area contributed by atoms with Crippen LogP contribution in [-0.4, -0.2) is 69.7 Å². The van der Waals surface area contributed by atoms with Crippen molar-refractivity contribution in [3.63, 3.8) is 0 Å². The molecule has 1 aromatic heterocycles. The van der Waals surface area contributed by atoms with Gasteiger partial charge >= 0.3 is 5.97 Å². The zero-order chi connectivity index (χ0) is 25.4. The summed E-state index contributed by atoms with van der Waals surface area (Å²) >= 11 is 0. The zero-order valence-electron chi connectivity index (χ0n) is 19.5. The van der Waals surface area contributed by atoms with E-state index in [0.717, 1.165) is 16.5 Å². The quantitative estimate of drug-likeness (QED) is 0.218. The molecule has 0 saturated heterocycles. The van der Waals surface area contributed by atoms with Crippen molar-refractivity contribution in [2.24, 2.45) is 11.7 Å². The molecule has 0 spiro atoms. The molecule has 0 bridgehead atoms. The molecule has 186 valence electrons. The molecular weight excluding hydrogens is 442 g/mol. The lowest BCUT2D eigenvalue weighted by Crippen LogP contribution is -2.57. The molecule has 0 fully saturated rings. The molecule has 2 rings (SSSR count).